The van der Waals surface area contributed by atoms with E-state index in [9.17, 15) is 19.2 Å². The first kappa shape index (κ1) is 24.8. The van der Waals surface area contributed by atoms with Gasteiger partial charge in [0.25, 0.3) is 5.91 Å². The molecule has 0 aliphatic rings. The average molecular weight is 418 g/mol. The molecule has 0 aliphatic heterocycles. The second kappa shape index (κ2) is 13.1. The van der Waals surface area contributed by atoms with Gasteiger partial charge in [-0.05, 0) is 18.9 Å². The van der Waals surface area contributed by atoms with Gasteiger partial charge in [0, 0.05) is 5.70 Å². The first-order chi connectivity index (χ1) is 14.2. The Morgan fingerprint density at radius 2 is 1.77 bits per heavy atom. The third-order valence-corrected chi connectivity index (χ3v) is 4.02. The van der Waals surface area contributed by atoms with Crippen LogP contribution in [0.25, 0.3) is 0 Å². The van der Waals surface area contributed by atoms with Crippen molar-refractivity contribution in [1.82, 2.24) is 16.0 Å². The number of Topliss-reactive ketones (excluding diaryl/α,β-unsaturated/α-hetero) is 1. The Morgan fingerprint density at radius 1 is 1.10 bits per heavy atom. The lowest BCUT2D eigenvalue weighted by molar-refractivity contribution is -0.139. The highest BCUT2D eigenvalue weighted by molar-refractivity contribution is 6.38. The number of nitrogens with one attached hydrogen (secondary N) is 3. The summed E-state index contributed by atoms with van der Waals surface area (Å²) in [5.74, 6) is -3.02. The average Bonchev–Trinajstić information content (AvgIpc) is 2.70. The molecule has 9 heteroatoms. The summed E-state index contributed by atoms with van der Waals surface area (Å²) in [6.07, 6.45) is 1.14. The van der Waals surface area contributed by atoms with Gasteiger partial charge in [-0.1, -0.05) is 50.3 Å². The van der Waals surface area contributed by atoms with E-state index in [4.69, 9.17) is 10.5 Å². The molecule has 5 N–H and O–H groups in total. The highest BCUT2D eigenvalue weighted by Gasteiger charge is 2.25. The molecule has 1 aromatic carbocycles. The number of rotatable bonds is 14. The van der Waals surface area contributed by atoms with Gasteiger partial charge in [-0.25, -0.2) is 0 Å². The minimum Gasteiger partial charge on any atom is -0.379 e. The number of amides is 3. The Balaban J connectivity index is 2.48. The molecule has 0 bridgehead atoms. The number of benzene rings is 1. The van der Waals surface area contributed by atoms with Crippen molar-refractivity contribution in [3.05, 3.63) is 48.2 Å². The maximum atomic E-state index is 12.2. The quantitative estimate of drug-likeness (QED) is 0.317. The zero-order chi connectivity index (χ0) is 22.5. The predicted molar refractivity (Wildman–Crippen MR) is 112 cm³/mol. The van der Waals surface area contributed by atoms with E-state index in [2.05, 4.69) is 22.5 Å². The van der Waals surface area contributed by atoms with Crippen molar-refractivity contribution in [3.63, 3.8) is 0 Å². The topological polar surface area (TPSA) is 140 Å². The Hall–Kier alpha value is -3.20. The van der Waals surface area contributed by atoms with Gasteiger partial charge in [0.1, 0.15) is 6.04 Å². The van der Waals surface area contributed by atoms with Crippen LogP contribution >= 0.6 is 0 Å². The van der Waals surface area contributed by atoms with Crippen LogP contribution in [-0.2, 0) is 30.5 Å². The molecule has 1 aromatic rings. The molecule has 0 heterocycles. The third-order valence-electron chi connectivity index (χ3n) is 4.02. The summed E-state index contributed by atoms with van der Waals surface area (Å²) in [4.78, 5) is 47.9. The van der Waals surface area contributed by atoms with Crippen LogP contribution in [0.2, 0.25) is 0 Å². The van der Waals surface area contributed by atoms with Gasteiger partial charge in [-0.15, -0.1) is 0 Å². The highest BCUT2D eigenvalue weighted by atomic mass is 16.5. The number of carbonyl (C=O) groups excluding carboxylic acids is 4. The number of carbonyl (C=O) groups is 4. The van der Waals surface area contributed by atoms with Crippen LogP contribution in [0, 0.1) is 0 Å². The summed E-state index contributed by atoms with van der Waals surface area (Å²) in [7, 11) is 0. The lowest BCUT2D eigenvalue weighted by atomic mass is 10.1. The van der Waals surface area contributed by atoms with Crippen molar-refractivity contribution in [2.45, 2.75) is 45.4 Å². The number of ether oxygens (including phenoxy) is 1. The van der Waals surface area contributed by atoms with E-state index in [1.807, 2.05) is 37.3 Å². The van der Waals surface area contributed by atoms with E-state index in [-0.39, 0.29) is 13.2 Å². The van der Waals surface area contributed by atoms with Crippen LogP contribution in [0.3, 0.4) is 0 Å². The summed E-state index contributed by atoms with van der Waals surface area (Å²) >= 11 is 0. The first-order valence-electron chi connectivity index (χ1n) is 9.69. The maximum absolute atomic E-state index is 12.2. The monoisotopic (exact) mass is 418 g/mol. The van der Waals surface area contributed by atoms with E-state index >= 15 is 0 Å². The first-order valence-corrected chi connectivity index (χ1v) is 9.69. The van der Waals surface area contributed by atoms with Crippen molar-refractivity contribution in [1.29, 1.82) is 0 Å². The fourth-order valence-corrected chi connectivity index (χ4v) is 2.57. The molecule has 0 aromatic heterocycles. The molecule has 3 amide bonds. The zero-order valence-electron chi connectivity index (χ0n) is 17.4. The Kier molecular flexibility index (Phi) is 10.8. The minimum absolute atomic E-state index is 0.121. The SMILES string of the molecule is C=C(C)NC(CCC)C(=O)C(=O)NCC(=O)NC(COCc1ccccc1)C(N)=O. The summed E-state index contributed by atoms with van der Waals surface area (Å²) in [6, 6.07) is 7.53. The largest absolute Gasteiger partial charge is 0.379 e. The van der Waals surface area contributed by atoms with Crippen molar-refractivity contribution in [3.8, 4) is 0 Å². The molecule has 0 saturated heterocycles. The van der Waals surface area contributed by atoms with E-state index in [0.29, 0.717) is 18.5 Å². The van der Waals surface area contributed by atoms with Gasteiger partial charge in [-0.3, -0.25) is 19.2 Å². The summed E-state index contributed by atoms with van der Waals surface area (Å²) < 4.78 is 5.43. The molecule has 0 spiro atoms. The number of hydrogen-bond acceptors (Lipinski definition) is 6. The second-order valence-electron chi connectivity index (χ2n) is 6.84. The van der Waals surface area contributed by atoms with Crippen LogP contribution in [-0.4, -0.2) is 48.7 Å². The van der Waals surface area contributed by atoms with Gasteiger partial charge in [0.2, 0.25) is 17.6 Å². The predicted octanol–water partition coefficient (Wildman–Crippen LogP) is 0.151. The van der Waals surface area contributed by atoms with Crippen LogP contribution in [0.15, 0.2) is 42.6 Å². The van der Waals surface area contributed by atoms with Gasteiger partial charge in [-0.2, -0.15) is 0 Å². The smallest absolute Gasteiger partial charge is 0.290 e. The standard InChI is InChI=1S/C21H30N4O5/c1-4-8-16(24-14(2)3)19(27)21(29)23-11-18(26)25-17(20(22)28)13-30-12-15-9-6-5-7-10-15/h5-7,9-10,16-17,24H,2,4,8,11-13H2,1,3H3,(H2,22,28)(H,23,29)(H,25,26). The van der Waals surface area contributed by atoms with Gasteiger partial charge in [0.05, 0.1) is 25.8 Å². The number of nitrogens with two attached hydrogens (primary N) is 1. The molecule has 2 unspecified atom stereocenters. The number of hydrogen-bond donors (Lipinski definition) is 4. The summed E-state index contributed by atoms with van der Waals surface area (Å²) in [5.41, 5.74) is 6.76. The van der Waals surface area contributed by atoms with Gasteiger partial charge < -0.3 is 26.4 Å². The molecular formula is C21H30N4O5. The lowest BCUT2D eigenvalue weighted by Gasteiger charge is -2.18. The summed E-state index contributed by atoms with van der Waals surface area (Å²) in [6.45, 7) is 6.90. The van der Waals surface area contributed by atoms with Crippen molar-refractivity contribution in [2.24, 2.45) is 5.73 Å². The molecular weight excluding hydrogens is 388 g/mol. The maximum Gasteiger partial charge on any atom is 0.290 e. The second-order valence-corrected chi connectivity index (χ2v) is 6.84. The van der Waals surface area contributed by atoms with Crippen molar-refractivity contribution < 1.29 is 23.9 Å². The van der Waals surface area contributed by atoms with Crippen LogP contribution < -0.4 is 21.7 Å². The number of primary amides is 1. The molecule has 9 nitrogen and oxygen atoms in total. The Morgan fingerprint density at radius 3 is 2.33 bits per heavy atom. The normalized spacial score (nSPS) is 12.3. The van der Waals surface area contributed by atoms with E-state index in [1.165, 1.54) is 0 Å². The summed E-state index contributed by atoms with van der Waals surface area (Å²) in [5, 5.41) is 7.50. The van der Waals surface area contributed by atoms with Crippen molar-refractivity contribution in [2.75, 3.05) is 13.2 Å². The molecule has 0 radical (unpaired) electrons. The van der Waals surface area contributed by atoms with Crippen LogP contribution in [0.1, 0.15) is 32.3 Å². The zero-order valence-corrected chi connectivity index (χ0v) is 17.4. The van der Waals surface area contributed by atoms with Gasteiger partial charge in [0.15, 0.2) is 0 Å². The lowest BCUT2D eigenvalue weighted by Crippen LogP contribution is -2.51. The van der Waals surface area contributed by atoms with E-state index in [1.54, 1.807) is 6.92 Å². The minimum atomic E-state index is -1.06. The Bertz CT molecular complexity index is 751. The molecule has 0 saturated carbocycles. The molecule has 0 fully saturated rings. The van der Waals surface area contributed by atoms with E-state index < -0.39 is 42.1 Å². The van der Waals surface area contributed by atoms with Gasteiger partial charge >= 0.3 is 0 Å². The van der Waals surface area contributed by atoms with Crippen LogP contribution in [0.4, 0.5) is 0 Å². The third kappa shape index (κ3) is 9.33. The highest BCUT2D eigenvalue weighted by Crippen LogP contribution is 2.02. The molecule has 30 heavy (non-hydrogen) atoms. The number of ketones is 1. The Labute approximate surface area is 176 Å². The van der Waals surface area contributed by atoms with Crippen molar-refractivity contribution >= 4 is 23.5 Å². The molecule has 0 aliphatic carbocycles. The molecule has 1 rings (SSSR count). The van der Waals surface area contributed by atoms with E-state index in [0.717, 1.165) is 5.56 Å². The number of allylic oxidation sites excluding steroid dienone is 1. The molecule has 164 valence electrons. The fraction of sp³-hybridized carbons (Fsp3) is 0.429. The fourth-order valence-electron chi connectivity index (χ4n) is 2.57. The van der Waals surface area contributed by atoms with Crippen LogP contribution in [0.5, 0.6) is 0 Å². The molecule has 2 atom stereocenters.